The van der Waals surface area contributed by atoms with Crippen LogP contribution in [0.15, 0.2) is 24.3 Å². The van der Waals surface area contributed by atoms with Crippen LogP contribution in [0, 0.1) is 0 Å². The number of para-hydroxylation sites is 2. The second-order valence-corrected chi connectivity index (χ2v) is 5.33. The van der Waals surface area contributed by atoms with Crippen LogP contribution in [0.4, 0.5) is 11.4 Å². The summed E-state index contributed by atoms with van der Waals surface area (Å²) in [4.78, 5) is 16.7. The number of nitrogens with zero attached hydrogens (tertiary/aromatic N) is 2. The van der Waals surface area contributed by atoms with Crippen molar-refractivity contribution in [2.75, 3.05) is 43.2 Å². The number of amides is 1. The summed E-state index contributed by atoms with van der Waals surface area (Å²) < 4.78 is 5.30. The van der Waals surface area contributed by atoms with E-state index in [4.69, 9.17) is 10.5 Å². The average molecular weight is 261 g/mol. The van der Waals surface area contributed by atoms with E-state index in [2.05, 4.69) is 4.90 Å². The normalized spacial score (nSPS) is 26.4. The molecule has 19 heavy (non-hydrogen) atoms. The maximum Gasteiger partial charge on any atom is 0.249 e. The highest BCUT2D eigenvalue weighted by Gasteiger charge is 2.42. The van der Waals surface area contributed by atoms with Gasteiger partial charge >= 0.3 is 0 Å². The molecule has 1 amide bonds. The summed E-state index contributed by atoms with van der Waals surface area (Å²) in [6.07, 6.45) is 0.598. The molecule has 2 heterocycles. The van der Waals surface area contributed by atoms with E-state index in [1.54, 1.807) is 0 Å². The third kappa shape index (κ3) is 1.99. The Morgan fingerprint density at radius 1 is 1.32 bits per heavy atom. The number of hydrogen-bond donors (Lipinski definition) is 1. The van der Waals surface area contributed by atoms with Crippen LogP contribution in [-0.4, -0.2) is 44.8 Å². The molecule has 102 valence electrons. The summed E-state index contributed by atoms with van der Waals surface area (Å²) in [6.45, 7) is 2.38. The molecular weight excluding hydrogens is 242 g/mol. The predicted octanol–water partition coefficient (Wildman–Crippen LogP) is 0.587. The van der Waals surface area contributed by atoms with Crippen LogP contribution in [0.1, 0.15) is 6.42 Å². The Morgan fingerprint density at radius 2 is 2.05 bits per heavy atom. The van der Waals surface area contributed by atoms with Gasteiger partial charge in [0.05, 0.1) is 18.0 Å². The highest BCUT2D eigenvalue weighted by atomic mass is 16.5. The Kier molecular flexibility index (Phi) is 2.95. The zero-order valence-electron chi connectivity index (χ0n) is 11.1. The maximum absolute atomic E-state index is 12.7. The van der Waals surface area contributed by atoms with Crippen molar-refractivity contribution in [1.82, 2.24) is 0 Å². The number of hydrogen-bond acceptors (Lipinski definition) is 4. The number of anilines is 2. The van der Waals surface area contributed by atoms with Crippen LogP contribution in [0.2, 0.25) is 0 Å². The zero-order chi connectivity index (χ0) is 13.5. The second-order valence-electron chi connectivity index (χ2n) is 5.33. The fourth-order valence-electron chi connectivity index (χ4n) is 2.74. The number of carbonyl (C=O) groups is 1. The number of ether oxygens (including phenoxy) is 1. The van der Waals surface area contributed by atoms with Gasteiger partial charge < -0.3 is 20.3 Å². The molecule has 1 atom stereocenters. The summed E-state index contributed by atoms with van der Waals surface area (Å²) >= 11 is 0. The van der Waals surface area contributed by atoms with Gasteiger partial charge in [-0.3, -0.25) is 4.79 Å². The van der Waals surface area contributed by atoms with Gasteiger partial charge in [0.25, 0.3) is 0 Å². The molecule has 1 unspecified atom stereocenters. The topological polar surface area (TPSA) is 58.8 Å². The fraction of sp³-hybridized carbons (Fsp3) is 0.500. The molecule has 1 fully saturated rings. The van der Waals surface area contributed by atoms with Gasteiger partial charge in [-0.25, -0.2) is 0 Å². The lowest BCUT2D eigenvalue weighted by Crippen LogP contribution is -2.58. The molecule has 0 aromatic heterocycles. The van der Waals surface area contributed by atoms with Crippen LogP contribution < -0.4 is 15.5 Å². The van der Waals surface area contributed by atoms with Crippen molar-refractivity contribution in [3.8, 4) is 0 Å². The third-order valence-corrected chi connectivity index (χ3v) is 3.97. The lowest BCUT2D eigenvalue weighted by molar-refractivity contribution is -0.123. The molecule has 5 nitrogen and oxygen atoms in total. The van der Waals surface area contributed by atoms with Gasteiger partial charge in [-0.2, -0.15) is 0 Å². The summed E-state index contributed by atoms with van der Waals surface area (Å²) in [6, 6.07) is 7.94. The van der Waals surface area contributed by atoms with Crippen LogP contribution in [-0.2, 0) is 9.53 Å². The summed E-state index contributed by atoms with van der Waals surface area (Å²) in [5.74, 6) is -0.0226. The molecule has 2 aliphatic heterocycles. The standard InChI is InChI=1S/C14H19N3O2/c1-16-7-8-17(12-5-3-2-4-11(12)16)13(18)14(15)6-9-19-10-14/h2-5H,6-10,15H2,1H3. The Bertz CT molecular complexity index is 497. The first-order chi connectivity index (χ1) is 9.12. The molecule has 2 N–H and O–H groups in total. The van der Waals surface area contributed by atoms with Gasteiger partial charge in [-0.15, -0.1) is 0 Å². The largest absolute Gasteiger partial charge is 0.379 e. The summed E-state index contributed by atoms with van der Waals surface area (Å²) in [7, 11) is 2.04. The van der Waals surface area contributed by atoms with Gasteiger partial charge in [-0.1, -0.05) is 12.1 Å². The molecule has 3 rings (SSSR count). The van der Waals surface area contributed by atoms with Crippen molar-refractivity contribution in [3.63, 3.8) is 0 Å². The predicted molar refractivity (Wildman–Crippen MR) is 74.4 cm³/mol. The second kappa shape index (κ2) is 4.51. The maximum atomic E-state index is 12.7. The van der Waals surface area contributed by atoms with Crippen molar-refractivity contribution in [1.29, 1.82) is 0 Å². The van der Waals surface area contributed by atoms with E-state index in [9.17, 15) is 4.79 Å². The van der Waals surface area contributed by atoms with E-state index in [0.29, 0.717) is 26.2 Å². The highest BCUT2D eigenvalue weighted by molar-refractivity contribution is 6.03. The third-order valence-electron chi connectivity index (χ3n) is 3.97. The molecule has 2 aliphatic rings. The van der Waals surface area contributed by atoms with Crippen LogP contribution >= 0.6 is 0 Å². The van der Waals surface area contributed by atoms with E-state index in [1.807, 2.05) is 36.2 Å². The summed E-state index contributed by atoms with van der Waals surface area (Å²) in [5.41, 5.74) is 7.35. The SMILES string of the molecule is CN1CCN(C(=O)C2(N)CCOC2)c2ccccc21. The monoisotopic (exact) mass is 261 g/mol. The van der Waals surface area contributed by atoms with Crippen molar-refractivity contribution >= 4 is 17.3 Å². The average Bonchev–Trinajstić information content (AvgIpc) is 2.87. The number of fused-ring (bicyclic) bond motifs is 1. The molecule has 5 heteroatoms. The highest BCUT2D eigenvalue weighted by Crippen LogP contribution is 2.33. The molecule has 0 aliphatic carbocycles. The van der Waals surface area contributed by atoms with Gasteiger partial charge in [0.15, 0.2) is 0 Å². The Labute approximate surface area is 112 Å². The lowest BCUT2D eigenvalue weighted by atomic mass is 9.97. The minimum Gasteiger partial charge on any atom is -0.379 e. The zero-order valence-corrected chi connectivity index (χ0v) is 11.1. The number of nitrogens with two attached hydrogens (primary N) is 1. The van der Waals surface area contributed by atoms with Gasteiger partial charge in [-0.05, 0) is 18.6 Å². The van der Waals surface area contributed by atoms with E-state index in [0.717, 1.165) is 17.9 Å². The van der Waals surface area contributed by atoms with Crippen molar-refractivity contribution in [2.45, 2.75) is 12.0 Å². The molecule has 0 radical (unpaired) electrons. The van der Waals surface area contributed by atoms with E-state index in [1.165, 1.54) is 0 Å². The van der Waals surface area contributed by atoms with E-state index in [-0.39, 0.29) is 5.91 Å². The summed E-state index contributed by atoms with van der Waals surface area (Å²) in [5, 5.41) is 0. The minimum atomic E-state index is -0.858. The van der Waals surface area contributed by atoms with Crippen molar-refractivity contribution in [3.05, 3.63) is 24.3 Å². The molecule has 0 bridgehead atoms. The lowest BCUT2D eigenvalue weighted by Gasteiger charge is -2.38. The smallest absolute Gasteiger partial charge is 0.249 e. The quantitative estimate of drug-likeness (QED) is 0.803. The van der Waals surface area contributed by atoms with E-state index < -0.39 is 5.54 Å². The molecule has 1 saturated heterocycles. The molecule has 0 saturated carbocycles. The minimum absolute atomic E-state index is 0.0226. The van der Waals surface area contributed by atoms with E-state index >= 15 is 0 Å². The number of carbonyl (C=O) groups excluding carboxylic acids is 1. The fourth-order valence-corrected chi connectivity index (χ4v) is 2.74. The molecule has 0 spiro atoms. The first kappa shape index (κ1) is 12.4. The van der Waals surface area contributed by atoms with Crippen LogP contribution in [0.3, 0.4) is 0 Å². The first-order valence-corrected chi connectivity index (χ1v) is 6.61. The Morgan fingerprint density at radius 3 is 2.74 bits per heavy atom. The number of rotatable bonds is 1. The molecular formula is C14H19N3O2. The molecule has 1 aromatic rings. The van der Waals surface area contributed by atoms with Gasteiger partial charge in [0, 0.05) is 26.7 Å². The first-order valence-electron chi connectivity index (χ1n) is 6.61. The van der Waals surface area contributed by atoms with Gasteiger partial charge in [0.1, 0.15) is 5.54 Å². The Hall–Kier alpha value is -1.59. The van der Waals surface area contributed by atoms with Crippen LogP contribution in [0.5, 0.6) is 0 Å². The van der Waals surface area contributed by atoms with Crippen LogP contribution in [0.25, 0.3) is 0 Å². The number of likely N-dealkylation sites (N-methyl/N-ethyl adjacent to an activating group) is 1. The van der Waals surface area contributed by atoms with Crippen molar-refractivity contribution in [2.24, 2.45) is 5.73 Å². The molecule has 1 aromatic carbocycles. The number of benzene rings is 1. The van der Waals surface area contributed by atoms with Gasteiger partial charge in [0.2, 0.25) is 5.91 Å². The Balaban J connectivity index is 1.94. The van der Waals surface area contributed by atoms with Crippen molar-refractivity contribution < 1.29 is 9.53 Å².